The van der Waals surface area contributed by atoms with Gasteiger partial charge in [-0.1, -0.05) is 11.6 Å². The van der Waals surface area contributed by atoms with E-state index in [9.17, 15) is 19.1 Å². The molecular formula is C14H16ClFN2O3. The Morgan fingerprint density at radius 1 is 1.48 bits per heavy atom. The molecule has 0 spiro atoms. The maximum atomic E-state index is 13.1. The van der Waals surface area contributed by atoms with E-state index >= 15 is 0 Å². The predicted octanol–water partition coefficient (Wildman–Crippen LogP) is 2.53. The quantitative estimate of drug-likeness (QED) is 0.781. The van der Waals surface area contributed by atoms with Gasteiger partial charge in [0.05, 0.1) is 0 Å². The lowest BCUT2D eigenvalue weighted by Crippen LogP contribution is -2.56. The van der Waals surface area contributed by atoms with Gasteiger partial charge in [-0.25, -0.2) is 14.0 Å². The van der Waals surface area contributed by atoms with E-state index in [0.29, 0.717) is 10.6 Å². The number of carbonyl (C=O) groups is 2. The first-order valence-corrected chi connectivity index (χ1v) is 6.94. The summed E-state index contributed by atoms with van der Waals surface area (Å²) in [6.45, 7) is 1.50. The zero-order chi connectivity index (χ0) is 15.6. The van der Waals surface area contributed by atoms with Crippen molar-refractivity contribution in [2.75, 3.05) is 0 Å². The number of rotatable bonds is 5. The van der Waals surface area contributed by atoms with Gasteiger partial charge in [0.25, 0.3) is 0 Å². The maximum absolute atomic E-state index is 13.1. The van der Waals surface area contributed by atoms with E-state index < -0.39 is 23.4 Å². The summed E-state index contributed by atoms with van der Waals surface area (Å²) in [5.74, 6) is -1.58. The summed E-state index contributed by atoms with van der Waals surface area (Å²) in [5.41, 5.74) is -0.856. The first kappa shape index (κ1) is 15.6. The molecular weight excluding hydrogens is 299 g/mol. The topological polar surface area (TPSA) is 78.4 Å². The van der Waals surface area contributed by atoms with Crippen molar-refractivity contribution in [3.63, 3.8) is 0 Å². The normalized spacial score (nSPS) is 16.9. The molecule has 0 heterocycles. The molecule has 1 aliphatic rings. The van der Waals surface area contributed by atoms with Gasteiger partial charge < -0.3 is 15.7 Å². The minimum atomic E-state index is -1.28. The fourth-order valence-corrected chi connectivity index (χ4v) is 2.31. The van der Waals surface area contributed by atoms with Crippen LogP contribution in [0.3, 0.4) is 0 Å². The third-order valence-corrected chi connectivity index (χ3v) is 4.03. The van der Waals surface area contributed by atoms with Crippen molar-refractivity contribution in [2.24, 2.45) is 5.92 Å². The zero-order valence-electron chi connectivity index (χ0n) is 11.5. The number of nitrogens with one attached hydrogen (secondary N) is 2. The number of carboxylic acid groups (broad SMARTS) is 1. The molecule has 2 rings (SSSR count). The Bertz CT molecular complexity index is 577. The largest absolute Gasteiger partial charge is 0.480 e. The van der Waals surface area contributed by atoms with E-state index in [-0.39, 0.29) is 12.5 Å². The second kappa shape index (κ2) is 5.89. The van der Waals surface area contributed by atoms with Gasteiger partial charge in [-0.3, -0.25) is 0 Å². The van der Waals surface area contributed by atoms with Gasteiger partial charge in [0.1, 0.15) is 11.4 Å². The van der Waals surface area contributed by atoms with Crippen molar-refractivity contribution >= 4 is 23.6 Å². The summed E-state index contributed by atoms with van der Waals surface area (Å²) in [5, 5.41) is 14.5. The molecule has 1 atom stereocenters. The Morgan fingerprint density at radius 2 is 2.14 bits per heavy atom. The molecule has 1 unspecified atom stereocenters. The molecule has 3 N–H and O–H groups in total. The van der Waals surface area contributed by atoms with Crippen molar-refractivity contribution in [2.45, 2.75) is 31.8 Å². The molecule has 114 valence electrons. The number of benzene rings is 1. The van der Waals surface area contributed by atoms with Crippen LogP contribution in [0, 0.1) is 11.7 Å². The number of carboxylic acids is 1. The number of amides is 2. The molecule has 21 heavy (non-hydrogen) atoms. The minimum Gasteiger partial charge on any atom is -0.480 e. The van der Waals surface area contributed by atoms with Gasteiger partial charge in [0, 0.05) is 11.6 Å². The highest BCUT2D eigenvalue weighted by molar-refractivity contribution is 6.31. The van der Waals surface area contributed by atoms with E-state index in [0.717, 1.165) is 12.8 Å². The van der Waals surface area contributed by atoms with Crippen LogP contribution in [0.15, 0.2) is 18.2 Å². The van der Waals surface area contributed by atoms with Crippen LogP contribution >= 0.6 is 11.6 Å². The monoisotopic (exact) mass is 314 g/mol. The van der Waals surface area contributed by atoms with Gasteiger partial charge in [0.15, 0.2) is 0 Å². The molecule has 2 amide bonds. The Morgan fingerprint density at radius 3 is 2.71 bits per heavy atom. The van der Waals surface area contributed by atoms with Crippen LogP contribution in [0.2, 0.25) is 5.02 Å². The second-order valence-electron chi connectivity index (χ2n) is 5.33. The SMILES string of the molecule is CC(NC(=O)NCc1cc(F)ccc1Cl)(C(=O)O)C1CC1. The van der Waals surface area contributed by atoms with Gasteiger partial charge in [0.2, 0.25) is 0 Å². The fourth-order valence-electron chi connectivity index (χ4n) is 2.13. The van der Waals surface area contributed by atoms with Crippen molar-refractivity contribution in [3.05, 3.63) is 34.6 Å². The van der Waals surface area contributed by atoms with Crippen LogP contribution in [0.25, 0.3) is 0 Å². The van der Waals surface area contributed by atoms with Crippen LogP contribution in [-0.4, -0.2) is 22.6 Å². The second-order valence-corrected chi connectivity index (χ2v) is 5.73. The molecule has 0 aliphatic heterocycles. The van der Waals surface area contributed by atoms with Crippen molar-refractivity contribution in [1.82, 2.24) is 10.6 Å². The molecule has 1 aromatic rings. The van der Waals surface area contributed by atoms with Crippen molar-refractivity contribution in [3.8, 4) is 0 Å². The molecule has 0 radical (unpaired) electrons. The van der Waals surface area contributed by atoms with E-state index in [1.807, 2.05) is 0 Å². The zero-order valence-corrected chi connectivity index (χ0v) is 12.2. The lowest BCUT2D eigenvalue weighted by atomic mass is 9.96. The summed E-state index contributed by atoms with van der Waals surface area (Å²) in [6, 6.07) is 3.23. The standard InChI is InChI=1S/C14H16ClFN2O3/c1-14(12(19)20,9-2-3-9)18-13(21)17-7-8-6-10(16)4-5-11(8)15/h4-6,9H,2-3,7H2,1H3,(H,19,20)(H2,17,18,21). The molecule has 0 saturated heterocycles. The fraction of sp³-hybridized carbons (Fsp3) is 0.429. The summed E-state index contributed by atoms with van der Waals surface area (Å²) in [6.07, 6.45) is 1.55. The van der Waals surface area contributed by atoms with Crippen LogP contribution in [0.5, 0.6) is 0 Å². The molecule has 1 aromatic carbocycles. The van der Waals surface area contributed by atoms with Gasteiger partial charge in [-0.05, 0) is 49.4 Å². The first-order valence-electron chi connectivity index (χ1n) is 6.56. The summed E-state index contributed by atoms with van der Waals surface area (Å²) in [4.78, 5) is 23.1. The lowest BCUT2D eigenvalue weighted by molar-refractivity contribution is -0.144. The number of halogens is 2. The summed E-state index contributed by atoms with van der Waals surface area (Å²) < 4.78 is 13.1. The highest BCUT2D eigenvalue weighted by Gasteiger charge is 2.48. The van der Waals surface area contributed by atoms with Gasteiger partial charge in [-0.2, -0.15) is 0 Å². The minimum absolute atomic E-state index is 0.0167. The molecule has 1 saturated carbocycles. The Hall–Kier alpha value is -1.82. The average Bonchev–Trinajstić information content (AvgIpc) is 3.24. The predicted molar refractivity (Wildman–Crippen MR) is 75.5 cm³/mol. The number of hydrogen-bond donors (Lipinski definition) is 3. The molecule has 0 aromatic heterocycles. The van der Waals surface area contributed by atoms with E-state index in [1.165, 1.54) is 25.1 Å². The smallest absolute Gasteiger partial charge is 0.329 e. The third kappa shape index (κ3) is 3.64. The van der Waals surface area contributed by atoms with Gasteiger partial charge >= 0.3 is 12.0 Å². The number of urea groups is 1. The third-order valence-electron chi connectivity index (χ3n) is 3.66. The van der Waals surface area contributed by atoms with E-state index in [4.69, 9.17) is 11.6 Å². The molecule has 5 nitrogen and oxygen atoms in total. The molecule has 1 fully saturated rings. The maximum Gasteiger partial charge on any atom is 0.329 e. The Balaban J connectivity index is 1.95. The molecule has 0 bridgehead atoms. The Kier molecular flexibility index (Phi) is 4.37. The van der Waals surface area contributed by atoms with Crippen LogP contribution in [0.1, 0.15) is 25.3 Å². The number of hydrogen-bond acceptors (Lipinski definition) is 2. The molecule has 1 aliphatic carbocycles. The average molecular weight is 315 g/mol. The van der Waals surface area contributed by atoms with E-state index in [1.54, 1.807) is 0 Å². The van der Waals surface area contributed by atoms with Crippen molar-refractivity contribution in [1.29, 1.82) is 0 Å². The molecule has 7 heteroatoms. The first-order chi connectivity index (χ1) is 9.83. The number of aliphatic carboxylic acids is 1. The van der Waals surface area contributed by atoms with E-state index in [2.05, 4.69) is 10.6 Å². The lowest BCUT2D eigenvalue weighted by Gasteiger charge is -2.26. The number of carbonyl (C=O) groups excluding carboxylic acids is 1. The van der Waals surface area contributed by atoms with Crippen LogP contribution in [-0.2, 0) is 11.3 Å². The van der Waals surface area contributed by atoms with Gasteiger partial charge in [-0.15, -0.1) is 0 Å². The highest BCUT2D eigenvalue weighted by Crippen LogP contribution is 2.39. The Labute approximate surface area is 126 Å². The summed E-state index contributed by atoms with van der Waals surface area (Å²) >= 11 is 5.89. The van der Waals surface area contributed by atoms with Crippen LogP contribution in [0.4, 0.5) is 9.18 Å². The summed E-state index contributed by atoms with van der Waals surface area (Å²) in [7, 11) is 0. The van der Waals surface area contributed by atoms with Crippen molar-refractivity contribution < 1.29 is 19.1 Å². The highest BCUT2D eigenvalue weighted by atomic mass is 35.5. The van der Waals surface area contributed by atoms with Crippen LogP contribution < -0.4 is 10.6 Å².